The second-order valence-electron chi connectivity index (χ2n) is 4.97. The monoisotopic (exact) mass is 310 g/mol. The van der Waals surface area contributed by atoms with E-state index in [1.165, 1.54) is 0 Å². The van der Waals surface area contributed by atoms with Gasteiger partial charge in [-0.3, -0.25) is 4.79 Å². The van der Waals surface area contributed by atoms with Crippen LogP contribution in [0.15, 0.2) is 72.8 Å². The average Bonchev–Trinajstić information content (AvgIpc) is 2.61. The van der Waals surface area contributed by atoms with Crippen LogP contribution in [0.25, 0.3) is 0 Å². The van der Waals surface area contributed by atoms with E-state index >= 15 is 0 Å². The lowest BCUT2D eigenvalue weighted by molar-refractivity contribution is -0.140. The molecule has 0 aliphatic rings. The number of Topliss-reactive ketones (excluding diaryl/α,β-unsaturated/α-hetero) is 1. The molecule has 118 valence electrons. The number of benzene rings is 2. The lowest BCUT2D eigenvalue weighted by atomic mass is 9.80. The molecule has 0 aliphatic carbocycles. The van der Waals surface area contributed by atoms with Gasteiger partial charge in [-0.25, -0.2) is 4.79 Å². The van der Waals surface area contributed by atoms with Crippen LogP contribution >= 0.6 is 0 Å². The highest BCUT2D eigenvalue weighted by Crippen LogP contribution is 2.33. The first-order valence-electron chi connectivity index (χ1n) is 7.26. The second kappa shape index (κ2) is 7.03. The van der Waals surface area contributed by atoms with Crippen LogP contribution in [0, 0.1) is 0 Å². The van der Waals surface area contributed by atoms with Crippen molar-refractivity contribution in [2.24, 2.45) is 0 Å². The van der Waals surface area contributed by atoms with E-state index < -0.39 is 17.4 Å². The van der Waals surface area contributed by atoms with Crippen LogP contribution in [0.4, 0.5) is 0 Å². The Morgan fingerprint density at radius 2 is 1.57 bits per heavy atom. The lowest BCUT2D eigenvalue weighted by Crippen LogP contribution is -2.40. The fourth-order valence-corrected chi connectivity index (χ4v) is 2.29. The summed E-state index contributed by atoms with van der Waals surface area (Å²) in [5, 5.41) is 11.1. The zero-order chi connectivity index (χ0) is 16.9. The van der Waals surface area contributed by atoms with Crippen molar-refractivity contribution in [1.29, 1.82) is 0 Å². The Bertz CT molecular complexity index is 707. The standard InChI is InChI=1S/C19H18O4/c1-3-23-18(21)14(2)19(22,16-12-8-5-9-13-16)17(20)15-10-6-4-7-11-15/h4-13,22H,2-3H2,1H3. The minimum Gasteiger partial charge on any atom is -0.463 e. The van der Waals surface area contributed by atoms with Gasteiger partial charge in [0.15, 0.2) is 5.60 Å². The maximum atomic E-state index is 12.9. The molecule has 0 radical (unpaired) electrons. The summed E-state index contributed by atoms with van der Waals surface area (Å²) in [4.78, 5) is 25.0. The molecule has 0 aliphatic heterocycles. The summed E-state index contributed by atoms with van der Waals surface area (Å²) >= 11 is 0. The van der Waals surface area contributed by atoms with Crippen molar-refractivity contribution >= 4 is 11.8 Å². The number of ketones is 1. The summed E-state index contributed by atoms with van der Waals surface area (Å²) in [6, 6.07) is 16.5. The van der Waals surface area contributed by atoms with Crippen molar-refractivity contribution in [3.8, 4) is 0 Å². The number of hydrogen-bond donors (Lipinski definition) is 1. The summed E-state index contributed by atoms with van der Waals surface area (Å²) in [5.74, 6) is -1.43. The van der Waals surface area contributed by atoms with Gasteiger partial charge < -0.3 is 9.84 Å². The number of esters is 1. The second-order valence-corrected chi connectivity index (χ2v) is 4.97. The first-order chi connectivity index (χ1) is 11.0. The Labute approximate surface area is 135 Å². The van der Waals surface area contributed by atoms with E-state index in [-0.39, 0.29) is 23.3 Å². The summed E-state index contributed by atoms with van der Waals surface area (Å²) < 4.78 is 4.91. The van der Waals surface area contributed by atoms with E-state index in [0.29, 0.717) is 0 Å². The summed E-state index contributed by atoms with van der Waals surface area (Å²) in [7, 11) is 0. The van der Waals surface area contributed by atoms with E-state index in [1.807, 2.05) is 0 Å². The highest BCUT2D eigenvalue weighted by Gasteiger charge is 2.44. The lowest BCUT2D eigenvalue weighted by Gasteiger charge is -2.28. The molecule has 0 saturated carbocycles. The van der Waals surface area contributed by atoms with Gasteiger partial charge in [-0.15, -0.1) is 0 Å². The van der Waals surface area contributed by atoms with Crippen LogP contribution in [-0.2, 0) is 15.1 Å². The molecule has 0 fully saturated rings. The maximum Gasteiger partial charge on any atom is 0.337 e. The largest absolute Gasteiger partial charge is 0.463 e. The van der Waals surface area contributed by atoms with Crippen molar-refractivity contribution in [3.63, 3.8) is 0 Å². The van der Waals surface area contributed by atoms with E-state index in [4.69, 9.17) is 4.74 Å². The van der Waals surface area contributed by atoms with Crippen molar-refractivity contribution in [2.45, 2.75) is 12.5 Å². The van der Waals surface area contributed by atoms with Gasteiger partial charge in [0.25, 0.3) is 0 Å². The highest BCUT2D eigenvalue weighted by atomic mass is 16.5. The van der Waals surface area contributed by atoms with Gasteiger partial charge in [-0.05, 0) is 12.5 Å². The van der Waals surface area contributed by atoms with Crippen LogP contribution in [0.3, 0.4) is 0 Å². The normalized spacial score (nSPS) is 13.0. The Morgan fingerprint density at radius 1 is 1.04 bits per heavy atom. The maximum absolute atomic E-state index is 12.9. The molecule has 2 aromatic rings. The minimum atomic E-state index is -2.17. The Hall–Kier alpha value is -2.72. The van der Waals surface area contributed by atoms with E-state index in [2.05, 4.69) is 6.58 Å². The third-order valence-corrected chi connectivity index (χ3v) is 3.51. The van der Waals surface area contributed by atoms with E-state index in [9.17, 15) is 14.7 Å². The Morgan fingerprint density at radius 3 is 2.09 bits per heavy atom. The van der Waals surface area contributed by atoms with Crippen LogP contribution < -0.4 is 0 Å². The Kier molecular flexibility index (Phi) is 5.09. The van der Waals surface area contributed by atoms with Crippen LogP contribution in [0.5, 0.6) is 0 Å². The summed E-state index contributed by atoms with van der Waals surface area (Å²) in [6.45, 7) is 5.39. The van der Waals surface area contributed by atoms with Crippen molar-refractivity contribution in [3.05, 3.63) is 83.9 Å². The molecule has 0 spiro atoms. The van der Waals surface area contributed by atoms with Crippen LogP contribution in [-0.4, -0.2) is 23.5 Å². The molecule has 23 heavy (non-hydrogen) atoms. The fourth-order valence-electron chi connectivity index (χ4n) is 2.29. The number of carbonyl (C=O) groups excluding carboxylic acids is 2. The van der Waals surface area contributed by atoms with E-state index in [1.54, 1.807) is 67.6 Å². The molecule has 2 aromatic carbocycles. The number of carbonyl (C=O) groups is 2. The third kappa shape index (κ3) is 3.22. The number of aliphatic hydroxyl groups is 1. The first kappa shape index (κ1) is 16.6. The van der Waals surface area contributed by atoms with Gasteiger partial charge >= 0.3 is 5.97 Å². The highest BCUT2D eigenvalue weighted by molar-refractivity contribution is 6.10. The molecule has 4 heteroatoms. The molecule has 1 atom stereocenters. The molecule has 2 rings (SSSR count). The molecule has 0 saturated heterocycles. The van der Waals surface area contributed by atoms with Gasteiger partial charge in [0, 0.05) is 5.56 Å². The average molecular weight is 310 g/mol. The molecule has 1 N–H and O–H groups in total. The molecule has 0 amide bonds. The van der Waals surface area contributed by atoms with Crippen LogP contribution in [0.2, 0.25) is 0 Å². The van der Waals surface area contributed by atoms with Gasteiger partial charge in [0.2, 0.25) is 5.78 Å². The van der Waals surface area contributed by atoms with Gasteiger partial charge in [-0.1, -0.05) is 67.2 Å². The molecule has 0 heterocycles. The van der Waals surface area contributed by atoms with Crippen LogP contribution in [0.1, 0.15) is 22.8 Å². The molecule has 4 nitrogen and oxygen atoms in total. The molecule has 0 aromatic heterocycles. The Balaban J connectivity index is 2.54. The molecular weight excluding hydrogens is 292 g/mol. The first-order valence-corrected chi connectivity index (χ1v) is 7.26. The zero-order valence-corrected chi connectivity index (χ0v) is 12.9. The predicted octanol–water partition coefficient (Wildman–Crippen LogP) is 2.88. The van der Waals surface area contributed by atoms with E-state index in [0.717, 1.165) is 0 Å². The van der Waals surface area contributed by atoms with Crippen molar-refractivity contribution in [1.82, 2.24) is 0 Å². The predicted molar refractivity (Wildman–Crippen MR) is 86.9 cm³/mol. The fraction of sp³-hybridized carbons (Fsp3) is 0.158. The quantitative estimate of drug-likeness (QED) is 0.506. The SMILES string of the molecule is C=C(C(=O)OCC)C(O)(C(=O)c1ccccc1)c1ccccc1. The summed E-state index contributed by atoms with van der Waals surface area (Å²) in [6.07, 6.45) is 0. The topological polar surface area (TPSA) is 63.6 Å². The number of ether oxygens (including phenoxy) is 1. The van der Waals surface area contributed by atoms with Gasteiger partial charge in [0.1, 0.15) is 0 Å². The smallest absolute Gasteiger partial charge is 0.337 e. The number of rotatable bonds is 6. The third-order valence-electron chi connectivity index (χ3n) is 3.51. The molecule has 1 unspecified atom stereocenters. The van der Waals surface area contributed by atoms with Crippen molar-refractivity contribution < 1.29 is 19.4 Å². The van der Waals surface area contributed by atoms with Crippen molar-refractivity contribution in [2.75, 3.05) is 6.61 Å². The zero-order valence-electron chi connectivity index (χ0n) is 12.9. The summed E-state index contributed by atoms with van der Waals surface area (Å²) in [5.41, 5.74) is -1.93. The number of hydrogen-bond acceptors (Lipinski definition) is 4. The molecular formula is C19H18O4. The minimum absolute atomic E-state index is 0.127. The van der Waals surface area contributed by atoms with Gasteiger partial charge in [0.05, 0.1) is 12.2 Å². The van der Waals surface area contributed by atoms with Gasteiger partial charge in [-0.2, -0.15) is 0 Å². The molecule has 0 bridgehead atoms.